The fourth-order valence-electron chi connectivity index (χ4n) is 2.59. The number of hydrogen-bond donors (Lipinski definition) is 1. The largest absolute Gasteiger partial charge is 0.325 e. The smallest absolute Gasteiger partial charge is 0.0797 e. The Kier molecular flexibility index (Phi) is 3.12. The number of aromatic nitrogens is 1. The quantitative estimate of drug-likeness (QED) is 0.857. The molecule has 1 aromatic rings. The van der Waals surface area contributed by atoms with Crippen molar-refractivity contribution in [1.29, 1.82) is 0 Å². The lowest BCUT2D eigenvalue weighted by atomic mass is 9.91. The van der Waals surface area contributed by atoms with Crippen molar-refractivity contribution >= 4 is 11.3 Å². The van der Waals surface area contributed by atoms with E-state index in [1.165, 1.54) is 29.8 Å². The predicted octanol–water partition coefficient (Wildman–Crippen LogP) is 2.90. The van der Waals surface area contributed by atoms with Crippen LogP contribution in [0.2, 0.25) is 0 Å². The van der Waals surface area contributed by atoms with Gasteiger partial charge in [-0.3, -0.25) is 0 Å². The first-order valence-corrected chi connectivity index (χ1v) is 6.65. The Morgan fingerprint density at radius 1 is 1.67 bits per heavy atom. The highest BCUT2D eigenvalue weighted by atomic mass is 32.1. The van der Waals surface area contributed by atoms with Crippen LogP contribution in [0.5, 0.6) is 0 Å². The summed E-state index contributed by atoms with van der Waals surface area (Å²) in [5, 5.41) is 0. The molecule has 0 aromatic carbocycles. The van der Waals surface area contributed by atoms with E-state index in [2.05, 4.69) is 18.8 Å². The van der Waals surface area contributed by atoms with Crippen LogP contribution in [-0.4, -0.2) is 10.5 Å². The summed E-state index contributed by atoms with van der Waals surface area (Å²) in [6, 6.07) is 0. The van der Waals surface area contributed by atoms with Crippen molar-refractivity contribution in [2.45, 2.75) is 51.5 Å². The maximum Gasteiger partial charge on any atom is 0.0797 e. The van der Waals surface area contributed by atoms with Crippen molar-refractivity contribution in [2.75, 3.05) is 0 Å². The van der Waals surface area contributed by atoms with Gasteiger partial charge in [0.1, 0.15) is 0 Å². The summed E-state index contributed by atoms with van der Waals surface area (Å²) in [4.78, 5) is 5.69. The summed E-state index contributed by atoms with van der Waals surface area (Å²) >= 11 is 1.77. The van der Waals surface area contributed by atoms with Gasteiger partial charge in [-0.1, -0.05) is 6.92 Å². The van der Waals surface area contributed by atoms with Gasteiger partial charge in [0.2, 0.25) is 0 Å². The van der Waals surface area contributed by atoms with Gasteiger partial charge in [0.05, 0.1) is 11.2 Å². The van der Waals surface area contributed by atoms with Crippen molar-refractivity contribution < 1.29 is 0 Å². The molecule has 2 N–H and O–H groups in total. The van der Waals surface area contributed by atoms with E-state index in [9.17, 15) is 0 Å². The molecule has 2 nitrogen and oxygen atoms in total. The number of nitrogens with two attached hydrogens (primary N) is 1. The van der Waals surface area contributed by atoms with E-state index in [1.807, 2.05) is 5.51 Å². The van der Waals surface area contributed by atoms with Gasteiger partial charge in [-0.25, -0.2) is 4.98 Å². The monoisotopic (exact) mass is 224 g/mol. The molecular formula is C12H20N2S. The topological polar surface area (TPSA) is 38.9 Å². The molecule has 1 saturated carbocycles. The third-order valence-corrected chi connectivity index (χ3v) is 4.58. The number of aryl methyl sites for hydroxylation is 2. The van der Waals surface area contributed by atoms with E-state index < -0.39 is 0 Å². The molecule has 0 amide bonds. The summed E-state index contributed by atoms with van der Waals surface area (Å²) in [7, 11) is 0. The van der Waals surface area contributed by atoms with Crippen molar-refractivity contribution in [3.63, 3.8) is 0 Å². The summed E-state index contributed by atoms with van der Waals surface area (Å²) in [6.45, 7) is 4.40. The fourth-order valence-corrected chi connectivity index (χ4v) is 3.37. The van der Waals surface area contributed by atoms with Crippen LogP contribution in [0.3, 0.4) is 0 Å². The Hall–Kier alpha value is -0.410. The molecule has 0 saturated heterocycles. The fraction of sp³-hybridized carbons (Fsp3) is 0.750. The highest BCUT2D eigenvalue weighted by molar-refractivity contribution is 7.09. The SMILES string of the molecule is Cc1ncsc1CCC1(N)CCC(C)C1. The van der Waals surface area contributed by atoms with Crippen LogP contribution in [0.1, 0.15) is 43.2 Å². The van der Waals surface area contributed by atoms with E-state index >= 15 is 0 Å². The normalized spacial score (nSPS) is 31.0. The molecule has 2 unspecified atom stereocenters. The third kappa shape index (κ3) is 2.58. The van der Waals surface area contributed by atoms with E-state index in [0.29, 0.717) is 0 Å². The minimum Gasteiger partial charge on any atom is -0.325 e. The standard InChI is InChI=1S/C12H20N2S/c1-9-3-5-12(13,7-9)6-4-11-10(2)14-8-15-11/h8-9H,3-7,13H2,1-2H3. The number of thiazole rings is 1. The third-order valence-electron chi connectivity index (χ3n) is 3.58. The average molecular weight is 224 g/mol. The molecule has 1 aliphatic carbocycles. The molecule has 2 atom stereocenters. The molecule has 1 fully saturated rings. The van der Waals surface area contributed by atoms with E-state index in [-0.39, 0.29) is 5.54 Å². The molecule has 3 heteroatoms. The minimum absolute atomic E-state index is 0.107. The molecule has 1 heterocycles. The first-order chi connectivity index (χ1) is 7.09. The summed E-state index contributed by atoms with van der Waals surface area (Å²) in [5.74, 6) is 0.817. The zero-order valence-electron chi connectivity index (χ0n) is 9.62. The molecule has 0 aliphatic heterocycles. The van der Waals surface area contributed by atoms with E-state index in [0.717, 1.165) is 18.8 Å². The van der Waals surface area contributed by atoms with Gasteiger partial charge in [-0.2, -0.15) is 0 Å². The van der Waals surface area contributed by atoms with Crippen molar-refractivity contribution in [1.82, 2.24) is 4.98 Å². The minimum atomic E-state index is 0.107. The molecule has 0 bridgehead atoms. The van der Waals surface area contributed by atoms with Crippen LogP contribution in [-0.2, 0) is 6.42 Å². The zero-order chi connectivity index (χ0) is 10.9. The van der Waals surface area contributed by atoms with Gasteiger partial charge in [0, 0.05) is 10.4 Å². The Labute approximate surface area is 95.9 Å². The molecule has 15 heavy (non-hydrogen) atoms. The van der Waals surface area contributed by atoms with Crippen molar-refractivity contribution in [3.8, 4) is 0 Å². The molecule has 2 rings (SSSR count). The molecule has 1 aliphatic rings. The van der Waals surface area contributed by atoms with Crippen LogP contribution in [0, 0.1) is 12.8 Å². The second-order valence-electron chi connectivity index (χ2n) is 5.07. The van der Waals surface area contributed by atoms with Gasteiger partial charge < -0.3 is 5.73 Å². The highest BCUT2D eigenvalue weighted by Crippen LogP contribution is 2.35. The second kappa shape index (κ2) is 4.22. The lowest BCUT2D eigenvalue weighted by Crippen LogP contribution is -2.37. The van der Waals surface area contributed by atoms with Crippen LogP contribution in [0.25, 0.3) is 0 Å². The van der Waals surface area contributed by atoms with Crippen molar-refractivity contribution in [2.24, 2.45) is 11.7 Å². The summed E-state index contributed by atoms with van der Waals surface area (Å²) in [5.41, 5.74) is 9.63. The van der Waals surface area contributed by atoms with Gasteiger partial charge >= 0.3 is 0 Å². The lowest BCUT2D eigenvalue weighted by Gasteiger charge is -2.23. The van der Waals surface area contributed by atoms with Gasteiger partial charge in [-0.05, 0) is 44.9 Å². The Bertz CT molecular complexity index is 334. The van der Waals surface area contributed by atoms with E-state index in [4.69, 9.17) is 5.73 Å². The lowest BCUT2D eigenvalue weighted by molar-refractivity contribution is 0.392. The van der Waals surface area contributed by atoms with Crippen LogP contribution < -0.4 is 5.73 Å². The number of hydrogen-bond acceptors (Lipinski definition) is 3. The predicted molar refractivity (Wildman–Crippen MR) is 65.1 cm³/mol. The molecule has 0 radical (unpaired) electrons. The molecular weight excluding hydrogens is 204 g/mol. The molecule has 1 aromatic heterocycles. The van der Waals surface area contributed by atoms with Gasteiger partial charge in [-0.15, -0.1) is 11.3 Å². The maximum atomic E-state index is 6.40. The first kappa shape index (κ1) is 11.1. The van der Waals surface area contributed by atoms with Gasteiger partial charge in [0.25, 0.3) is 0 Å². The molecule has 0 spiro atoms. The van der Waals surface area contributed by atoms with Crippen LogP contribution >= 0.6 is 11.3 Å². The zero-order valence-corrected chi connectivity index (χ0v) is 10.4. The van der Waals surface area contributed by atoms with E-state index in [1.54, 1.807) is 11.3 Å². The van der Waals surface area contributed by atoms with Crippen molar-refractivity contribution in [3.05, 3.63) is 16.1 Å². The Morgan fingerprint density at radius 3 is 3.00 bits per heavy atom. The summed E-state index contributed by atoms with van der Waals surface area (Å²) in [6.07, 6.45) is 5.94. The maximum absolute atomic E-state index is 6.40. The van der Waals surface area contributed by atoms with Crippen LogP contribution in [0.15, 0.2) is 5.51 Å². The van der Waals surface area contributed by atoms with Gasteiger partial charge in [0.15, 0.2) is 0 Å². The summed E-state index contributed by atoms with van der Waals surface area (Å²) < 4.78 is 0. The highest BCUT2D eigenvalue weighted by Gasteiger charge is 2.33. The Balaban J connectivity index is 1.91. The van der Waals surface area contributed by atoms with Crippen LogP contribution in [0.4, 0.5) is 0 Å². The Morgan fingerprint density at radius 2 is 2.47 bits per heavy atom. The number of nitrogens with zero attached hydrogens (tertiary/aromatic N) is 1. The average Bonchev–Trinajstić information content (AvgIpc) is 2.71. The molecule has 84 valence electrons. The number of rotatable bonds is 3. The second-order valence-corrected chi connectivity index (χ2v) is 6.01. The first-order valence-electron chi connectivity index (χ1n) is 5.77.